The largest absolute Gasteiger partial charge is 0.489 e. The highest BCUT2D eigenvalue weighted by atomic mass is 19.1. The third-order valence-corrected chi connectivity index (χ3v) is 6.09. The summed E-state index contributed by atoms with van der Waals surface area (Å²) >= 11 is 0. The summed E-state index contributed by atoms with van der Waals surface area (Å²) in [5, 5.41) is 0. The number of H-pyrrole nitrogens is 1. The van der Waals surface area contributed by atoms with Crippen molar-refractivity contribution in [2.24, 2.45) is 0 Å². The number of fused-ring (bicyclic) bond motifs is 1. The van der Waals surface area contributed by atoms with Crippen molar-refractivity contribution in [3.05, 3.63) is 113 Å². The van der Waals surface area contributed by atoms with E-state index in [0.717, 1.165) is 40.9 Å². The van der Waals surface area contributed by atoms with E-state index in [1.54, 1.807) is 24.5 Å². The van der Waals surface area contributed by atoms with Gasteiger partial charge in [-0.15, -0.1) is 0 Å². The molecule has 0 fully saturated rings. The molecule has 6 heteroatoms. The van der Waals surface area contributed by atoms with Crippen molar-refractivity contribution in [1.29, 1.82) is 0 Å². The van der Waals surface area contributed by atoms with Gasteiger partial charge >= 0.3 is 0 Å². The fourth-order valence-corrected chi connectivity index (χ4v) is 4.37. The standard InChI is InChI=1S/C28H25FN2O3/c29-20-9-11-21(12-10-20)33-18-24-22-7-4-8-25(32)23(22)13-14-26(24)34-27(17-28-30-15-16-31-28)19-5-2-1-3-6-19/h1-3,5-6,9-16,27H,4,7-8,17-18H2,(H,30,31)/t27-/m0/s1. The number of hydrogen-bond donors (Lipinski definition) is 1. The summed E-state index contributed by atoms with van der Waals surface area (Å²) in [5.74, 6) is 1.89. The molecule has 1 aliphatic rings. The van der Waals surface area contributed by atoms with Crippen LogP contribution in [-0.4, -0.2) is 15.8 Å². The van der Waals surface area contributed by atoms with E-state index in [1.165, 1.54) is 12.1 Å². The molecule has 0 unspecified atom stereocenters. The maximum atomic E-state index is 13.3. The number of nitrogens with one attached hydrogen (secondary N) is 1. The van der Waals surface area contributed by atoms with Crippen LogP contribution in [0.1, 0.15) is 51.8 Å². The van der Waals surface area contributed by atoms with Crippen molar-refractivity contribution in [3.8, 4) is 11.5 Å². The molecule has 1 heterocycles. The number of aromatic amines is 1. The quantitative estimate of drug-likeness (QED) is 0.353. The van der Waals surface area contributed by atoms with Crippen LogP contribution in [0.5, 0.6) is 11.5 Å². The van der Waals surface area contributed by atoms with E-state index >= 15 is 0 Å². The van der Waals surface area contributed by atoms with E-state index in [1.807, 2.05) is 42.5 Å². The Kier molecular flexibility index (Phi) is 6.38. The van der Waals surface area contributed by atoms with Crippen LogP contribution >= 0.6 is 0 Å². The van der Waals surface area contributed by atoms with Gasteiger partial charge in [0.2, 0.25) is 0 Å². The van der Waals surface area contributed by atoms with Crippen LogP contribution in [0, 0.1) is 5.82 Å². The van der Waals surface area contributed by atoms with Gasteiger partial charge in [0.1, 0.15) is 35.9 Å². The van der Waals surface area contributed by atoms with Crippen LogP contribution in [-0.2, 0) is 19.4 Å². The van der Waals surface area contributed by atoms with E-state index in [2.05, 4.69) is 9.97 Å². The molecule has 0 bridgehead atoms. The Labute approximate surface area is 197 Å². The van der Waals surface area contributed by atoms with Crippen LogP contribution in [0.25, 0.3) is 0 Å². The van der Waals surface area contributed by atoms with Gasteiger partial charge in [-0.3, -0.25) is 4.79 Å². The van der Waals surface area contributed by atoms with Crippen LogP contribution in [0.15, 0.2) is 79.1 Å². The smallest absolute Gasteiger partial charge is 0.163 e. The van der Waals surface area contributed by atoms with Crippen molar-refractivity contribution >= 4 is 5.78 Å². The molecule has 0 saturated heterocycles. The number of carbonyl (C=O) groups is 1. The zero-order chi connectivity index (χ0) is 23.3. The highest BCUT2D eigenvalue weighted by molar-refractivity contribution is 5.99. The first-order valence-electron chi connectivity index (χ1n) is 11.4. The third-order valence-electron chi connectivity index (χ3n) is 6.09. The maximum Gasteiger partial charge on any atom is 0.163 e. The molecule has 34 heavy (non-hydrogen) atoms. The first-order chi connectivity index (χ1) is 16.7. The van der Waals surface area contributed by atoms with Gasteiger partial charge in [-0.25, -0.2) is 9.37 Å². The first-order valence-corrected chi connectivity index (χ1v) is 11.4. The molecular weight excluding hydrogens is 431 g/mol. The number of Topliss-reactive ketones (excluding diaryl/α,β-unsaturated/α-hetero) is 1. The molecule has 0 aliphatic heterocycles. The lowest BCUT2D eigenvalue weighted by atomic mass is 9.87. The second-order valence-corrected chi connectivity index (χ2v) is 8.34. The van der Waals surface area contributed by atoms with Crippen molar-refractivity contribution in [3.63, 3.8) is 0 Å². The molecule has 1 N–H and O–H groups in total. The Balaban J connectivity index is 1.49. The summed E-state index contributed by atoms with van der Waals surface area (Å²) < 4.78 is 25.9. The second-order valence-electron chi connectivity index (χ2n) is 8.34. The predicted octanol–water partition coefficient (Wildman–Crippen LogP) is 6.01. The summed E-state index contributed by atoms with van der Waals surface area (Å²) in [5.41, 5.74) is 3.59. The highest BCUT2D eigenvalue weighted by Gasteiger charge is 2.25. The van der Waals surface area contributed by atoms with Crippen molar-refractivity contribution in [2.75, 3.05) is 0 Å². The minimum atomic E-state index is -0.317. The Morgan fingerprint density at radius 2 is 1.82 bits per heavy atom. The number of rotatable bonds is 8. The molecule has 0 radical (unpaired) electrons. The average molecular weight is 457 g/mol. The number of aromatic nitrogens is 2. The van der Waals surface area contributed by atoms with Crippen LogP contribution in [0.2, 0.25) is 0 Å². The number of carbonyl (C=O) groups excluding carboxylic acids is 1. The van der Waals surface area contributed by atoms with Crippen LogP contribution < -0.4 is 9.47 Å². The van der Waals surface area contributed by atoms with Crippen molar-refractivity contribution in [2.45, 2.75) is 38.4 Å². The number of ketones is 1. The molecule has 1 aliphatic carbocycles. The Hall–Kier alpha value is -3.93. The average Bonchev–Trinajstić information content (AvgIpc) is 3.38. The van der Waals surface area contributed by atoms with Gasteiger partial charge in [-0.05, 0) is 60.4 Å². The molecular formula is C28H25FN2O3. The minimum Gasteiger partial charge on any atom is -0.489 e. The number of nitrogens with zero attached hydrogens (tertiary/aromatic N) is 1. The summed E-state index contributed by atoms with van der Waals surface area (Å²) in [6.07, 6.45) is 5.94. The van der Waals surface area contributed by atoms with Gasteiger partial charge in [-0.1, -0.05) is 30.3 Å². The van der Waals surface area contributed by atoms with Crippen LogP contribution in [0.3, 0.4) is 0 Å². The van der Waals surface area contributed by atoms with E-state index in [0.29, 0.717) is 24.3 Å². The zero-order valence-electron chi connectivity index (χ0n) is 18.7. The molecule has 5 rings (SSSR count). The first kappa shape index (κ1) is 21.9. The fraction of sp³-hybridized carbons (Fsp3) is 0.214. The number of imidazole rings is 1. The maximum absolute atomic E-state index is 13.3. The summed E-state index contributed by atoms with van der Waals surface area (Å²) in [7, 11) is 0. The van der Waals surface area contributed by atoms with Gasteiger partial charge in [0.05, 0.1) is 0 Å². The molecule has 0 amide bonds. The predicted molar refractivity (Wildman–Crippen MR) is 127 cm³/mol. The topological polar surface area (TPSA) is 64.2 Å². The zero-order valence-corrected chi connectivity index (χ0v) is 18.7. The van der Waals surface area contributed by atoms with E-state index in [4.69, 9.17) is 9.47 Å². The Morgan fingerprint density at radius 1 is 1.00 bits per heavy atom. The fourth-order valence-electron chi connectivity index (χ4n) is 4.37. The number of hydrogen-bond acceptors (Lipinski definition) is 4. The van der Waals surface area contributed by atoms with E-state index < -0.39 is 0 Å². The van der Waals surface area contributed by atoms with Gasteiger partial charge in [0.15, 0.2) is 5.78 Å². The molecule has 5 nitrogen and oxygen atoms in total. The molecule has 1 aromatic heterocycles. The highest BCUT2D eigenvalue weighted by Crippen LogP contribution is 2.35. The molecule has 4 aromatic rings. The summed E-state index contributed by atoms with van der Waals surface area (Å²) in [6, 6.07) is 19.7. The van der Waals surface area contributed by atoms with Crippen molar-refractivity contribution in [1.82, 2.24) is 9.97 Å². The summed E-state index contributed by atoms with van der Waals surface area (Å²) in [6.45, 7) is 0.222. The van der Waals surface area contributed by atoms with Crippen molar-refractivity contribution < 1.29 is 18.7 Å². The lowest BCUT2D eigenvalue weighted by Crippen LogP contribution is -2.18. The Morgan fingerprint density at radius 3 is 2.59 bits per heavy atom. The van der Waals surface area contributed by atoms with E-state index in [9.17, 15) is 9.18 Å². The Bertz CT molecular complexity index is 1260. The molecule has 1 atom stereocenters. The molecule has 3 aromatic carbocycles. The molecule has 172 valence electrons. The van der Waals surface area contributed by atoms with Gasteiger partial charge < -0.3 is 14.5 Å². The lowest BCUT2D eigenvalue weighted by Gasteiger charge is -2.25. The molecule has 0 spiro atoms. The second kappa shape index (κ2) is 9.91. The summed E-state index contributed by atoms with van der Waals surface area (Å²) in [4.78, 5) is 20.1. The lowest BCUT2D eigenvalue weighted by molar-refractivity contribution is 0.0971. The van der Waals surface area contributed by atoms with Gasteiger partial charge in [0, 0.05) is 36.4 Å². The minimum absolute atomic E-state index is 0.144. The number of ether oxygens (including phenoxy) is 2. The number of benzene rings is 3. The SMILES string of the molecule is O=C1CCCc2c1ccc(O[C@@H](Cc1ncc[nH]1)c1ccccc1)c2COc1ccc(F)cc1. The van der Waals surface area contributed by atoms with E-state index in [-0.39, 0.29) is 24.3 Å². The number of halogens is 1. The van der Waals surface area contributed by atoms with Crippen LogP contribution in [0.4, 0.5) is 4.39 Å². The third kappa shape index (κ3) is 4.86. The molecule has 0 saturated carbocycles. The van der Waals surface area contributed by atoms with Gasteiger partial charge in [0.25, 0.3) is 0 Å². The van der Waals surface area contributed by atoms with Gasteiger partial charge in [-0.2, -0.15) is 0 Å². The monoisotopic (exact) mass is 456 g/mol. The normalized spacial score (nSPS) is 13.9.